The van der Waals surface area contributed by atoms with Crippen LogP contribution in [0.25, 0.3) is 0 Å². The molecule has 16 heavy (non-hydrogen) atoms. The predicted molar refractivity (Wildman–Crippen MR) is 72.1 cm³/mol. The molecule has 0 aromatic carbocycles. The van der Waals surface area contributed by atoms with Crippen LogP contribution in [0.2, 0.25) is 0 Å². The molecule has 0 saturated heterocycles. The van der Waals surface area contributed by atoms with Crippen molar-refractivity contribution in [1.82, 2.24) is 10.2 Å². The second-order valence-electron chi connectivity index (χ2n) is 4.49. The molecule has 0 radical (unpaired) electrons. The van der Waals surface area contributed by atoms with E-state index in [0.717, 1.165) is 8.66 Å². The number of thiophene rings is 1. The summed E-state index contributed by atoms with van der Waals surface area (Å²) in [6.07, 6.45) is 0. The summed E-state index contributed by atoms with van der Waals surface area (Å²) in [7, 11) is 4.02. The zero-order valence-corrected chi connectivity index (χ0v) is 12.4. The van der Waals surface area contributed by atoms with E-state index in [0.29, 0.717) is 6.54 Å². The molecule has 1 amide bonds. The molecule has 0 aliphatic rings. The van der Waals surface area contributed by atoms with Gasteiger partial charge >= 0.3 is 0 Å². The largest absolute Gasteiger partial charge is 0.350 e. The van der Waals surface area contributed by atoms with Gasteiger partial charge in [0.05, 0.1) is 8.66 Å². The average Bonchev–Trinajstić information content (AvgIpc) is 2.61. The van der Waals surface area contributed by atoms with E-state index in [4.69, 9.17) is 0 Å². The highest BCUT2D eigenvalue weighted by molar-refractivity contribution is 9.11. The molecule has 1 rings (SSSR count). The summed E-state index contributed by atoms with van der Waals surface area (Å²) in [5, 5.41) is 2.94. The molecule has 0 bridgehead atoms. The molecule has 90 valence electrons. The molecule has 3 nitrogen and oxygen atoms in total. The first-order valence-electron chi connectivity index (χ1n) is 5.04. The number of nitrogens with one attached hydrogen (secondary N) is 1. The zero-order valence-electron chi connectivity index (χ0n) is 10.0. The van der Waals surface area contributed by atoms with Gasteiger partial charge in [-0.05, 0) is 56.0 Å². The van der Waals surface area contributed by atoms with Crippen LogP contribution in [0.3, 0.4) is 0 Å². The third-order valence-electron chi connectivity index (χ3n) is 2.69. The van der Waals surface area contributed by atoms with Crippen molar-refractivity contribution in [3.8, 4) is 0 Å². The lowest BCUT2D eigenvalue weighted by atomic mass is 10.0. The molecule has 0 spiro atoms. The molecule has 0 unspecified atom stereocenters. The van der Waals surface area contributed by atoms with E-state index in [2.05, 4.69) is 40.0 Å². The minimum atomic E-state index is -0.0375. The van der Waals surface area contributed by atoms with E-state index in [1.54, 1.807) is 0 Å². The summed E-state index contributed by atoms with van der Waals surface area (Å²) in [6, 6.07) is 3.71. The fourth-order valence-corrected chi connectivity index (χ4v) is 2.28. The van der Waals surface area contributed by atoms with Gasteiger partial charge in [-0.3, -0.25) is 4.79 Å². The maximum absolute atomic E-state index is 11.8. The lowest BCUT2D eigenvalue weighted by Gasteiger charge is -2.32. The van der Waals surface area contributed by atoms with Crippen molar-refractivity contribution in [2.24, 2.45) is 0 Å². The highest BCUT2D eigenvalue weighted by Gasteiger charge is 2.21. The number of hydrogen-bond acceptors (Lipinski definition) is 3. The average molecular weight is 305 g/mol. The summed E-state index contributed by atoms with van der Waals surface area (Å²) in [5.41, 5.74) is -0.0375. The highest BCUT2D eigenvalue weighted by Crippen LogP contribution is 2.22. The Hall–Kier alpha value is -0.390. The van der Waals surface area contributed by atoms with E-state index in [1.165, 1.54) is 11.3 Å². The number of rotatable bonds is 4. The van der Waals surface area contributed by atoms with Gasteiger partial charge in [0.15, 0.2) is 0 Å². The van der Waals surface area contributed by atoms with Crippen LogP contribution in [-0.2, 0) is 0 Å². The van der Waals surface area contributed by atoms with Gasteiger partial charge in [-0.25, -0.2) is 0 Å². The topological polar surface area (TPSA) is 32.3 Å². The fourth-order valence-electron chi connectivity index (χ4n) is 0.978. The van der Waals surface area contributed by atoms with Crippen LogP contribution in [-0.4, -0.2) is 37.0 Å². The highest BCUT2D eigenvalue weighted by atomic mass is 79.9. The molecule has 1 heterocycles. The van der Waals surface area contributed by atoms with Crippen molar-refractivity contribution < 1.29 is 4.79 Å². The van der Waals surface area contributed by atoms with Gasteiger partial charge in [-0.2, -0.15) is 0 Å². The van der Waals surface area contributed by atoms with Crippen molar-refractivity contribution in [2.45, 2.75) is 19.4 Å². The third-order valence-corrected chi connectivity index (χ3v) is 4.31. The Morgan fingerprint density at radius 1 is 1.50 bits per heavy atom. The van der Waals surface area contributed by atoms with Gasteiger partial charge < -0.3 is 10.2 Å². The monoisotopic (exact) mass is 304 g/mol. The first kappa shape index (κ1) is 13.7. The summed E-state index contributed by atoms with van der Waals surface area (Å²) < 4.78 is 0.976. The van der Waals surface area contributed by atoms with Crippen molar-refractivity contribution >= 4 is 33.2 Å². The smallest absolute Gasteiger partial charge is 0.261 e. The predicted octanol–water partition coefficient (Wildman–Crippen LogP) is 2.58. The van der Waals surface area contributed by atoms with Gasteiger partial charge in [0, 0.05) is 12.1 Å². The SMILES string of the molecule is CN(C)C(C)(C)CNC(=O)c1ccc(Br)s1. The van der Waals surface area contributed by atoms with Crippen molar-refractivity contribution in [3.05, 3.63) is 20.8 Å². The lowest BCUT2D eigenvalue weighted by molar-refractivity contribution is 0.0924. The number of likely N-dealkylation sites (N-methyl/N-ethyl adjacent to an activating group) is 1. The molecule has 5 heteroatoms. The quantitative estimate of drug-likeness (QED) is 0.927. The normalized spacial score (nSPS) is 11.9. The Morgan fingerprint density at radius 3 is 2.56 bits per heavy atom. The molecule has 0 atom stereocenters. The van der Waals surface area contributed by atoms with Crippen LogP contribution in [0.5, 0.6) is 0 Å². The summed E-state index contributed by atoms with van der Waals surface area (Å²) >= 11 is 4.79. The molecular formula is C11H17BrN2OS. The van der Waals surface area contributed by atoms with E-state index in [-0.39, 0.29) is 11.4 Å². The van der Waals surface area contributed by atoms with Crippen LogP contribution < -0.4 is 5.32 Å². The number of carbonyl (C=O) groups is 1. The molecule has 1 aromatic rings. The lowest BCUT2D eigenvalue weighted by Crippen LogP contribution is -2.48. The van der Waals surface area contributed by atoms with Crippen LogP contribution in [0.1, 0.15) is 23.5 Å². The Balaban J connectivity index is 2.54. The molecule has 0 aliphatic carbocycles. The number of halogens is 1. The minimum absolute atomic E-state index is 0.00868. The molecule has 1 N–H and O–H groups in total. The van der Waals surface area contributed by atoms with E-state index in [1.807, 2.05) is 26.2 Å². The first-order valence-corrected chi connectivity index (χ1v) is 6.65. The second kappa shape index (κ2) is 5.29. The number of hydrogen-bond donors (Lipinski definition) is 1. The van der Waals surface area contributed by atoms with Crippen molar-refractivity contribution in [1.29, 1.82) is 0 Å². The van der Waals surface area contributed by atoms with Crippen LogP contribution in [0.4, 0.5) is 0 Å². The zero-order chi connectivity index (χ0) is 12.3. The molecule has 1 aromatic heterocycles. The molecule has 0 saturated carbocycles. The van der Waals surface area contributed by atoms with Gasteiger partial charge in [0.25, 0.3) is 5.91 Å². The van der Waals surface area contributed by atoms with Crippen LogP contribution in [0, 0.1) is 0 Å². The first-order chi connectivity index (χ1) is 7.33. The maximum Gasteiger partial charge on any atom is 0.261 e. The second-order valence-corrected chi connectivity index (χ2v) is 6.96. The summed E-state index contributed by atoms with van der Waals surface area (Å²) in [4.78, 5) is 14.6. The Labute approximate surface area is 109 Å². The Morgan fingerprint density at radius 2 is 2.12 bits per heavy atom. The van der Waals surface area contributed by atoms with Crippen molar-refractivity contribution in [3.63, 3.8) is 0 Å². The Bertz CT molecular complexity index is 374. The minimum Gasteiger partial charge on any atom is -0.350 e. The molecule has 0 aliphatic heterocycles. The van der Waals surface area contributed by atoms with Gasteiger partial charge in [0.2, 0.25) is 0 Å². The molecule has 0 fully saturated rings. The van der Waals surface area contributed by atoms with Crippen LogP contribution >= 0.6 is 27.3 Å². The summed E-state index contributed by atoms with van der Waals surface area (Å²) in [5.74, 6) is -0.00868. The number of amides is 1. The maximum atomic E-state index is 11.8. The van der Waals surface area contributed by atoms with E-state index in [9.17, 15) is 4.79 Å². The van der Waals surface area contributed by atoms with E-state index < -0.39 is 0 Å². The number of nitrogens with zero attached hydrogens (tertiary/aromatic N) is 1. The van der Waals surface area contributed by atoms with Gasteiger partial charge in [0.1, 0.15) is 0 Å². The molecular weight excluding hydrogens is 288 g/mol. The van der Waals surface area contributed by atoms with Crippen LogP contribution in [0.15, 0.2) is 15.9 Å². The fraction of sp³-hybridized carbons (Fsp3) is 0.545. The van der Waals surface area contributed by atoms with Gasteiger partial charge in [-0.15, -0.1) is 11.3 Å². The van der Waals surface area contributed by atoms with Crippen molar-refractivity contribution in [2.75, 3.05) is 20.6 Å². The van der Waals surface area contributed by atoms with Gasteiger partial charge in [-0.1, -0.05) is 0 Å². The standard InChI is InChI=1S/C11H17BrN2OS/c1-11(2,14(3)4)7-13-10(15)8-5-6-9(12)16-8/h5-6H,7H2,1-4H3,(H,13,15). The van der Waals surface area contributed by atoms with E-state index >= 15 is 0 Å². The Kier molecular flexibility index (Phi) is 4.52. The summed E-state index contributed by atoms with van der Waals surface area (Å²) in [6.45, 7) is 4.82. The third kappa shape index (κ3) is 3.57. The number of carbonyl (C=O) groups excluding carboxylic acids is 1.